The van der Waals surface area contributed by atoms with Crippen molar-refractivity contribution in [3.63, 3.8) is 0 Å². The number of ether oxygens (including phenoxy) is 1. The maximum absolute atomic E-state index is 5.57. The van der Waals surface area contributed by atoms with Gasteiger partial charge in [-0.3, -0.25) is 0 Å². The minimum Gasteiger partial charge on any atom is -0.493 e. The largest absolute Gasteiger partial charge is 0.493 e. The highest BCUT2D eigenvalue weighted by Gasteiger charge is 1.99. The van der Waals surface area contributed by atoms with Gasteiger partial charge in [0.15, 0.2) is 0 Å². The molecule has 0 saturated carbocycles. The van der Waals surface area contributed by atoms with Crippen molar-refractivity contribution in [2.75, 3.05) is 6.61 Å². The molecule has 72 valence electrons. The number of halogens is 2. The molecule has 1 rings (SSSR count). The molecule has 0 spiro atoms. The van der Waals surface area contributed by atoms with Crippen molar-refractivity contribution in [1.82, 2.24) is 0 Å². The van der Waals surface area contributed by atoms with Crippen LogP contribution in [0.15, 0.2) is 27.1 Å². The van der Waals surface area contributed by atoms with Gasteiger partial charge in [0.05, 0.1) is 6.61 Å². The zero-order valence-corrected chi connectivity index (χ0v) is 10.9. The fourth-order valence-corrected chi connectivity index (χ4v) is 2.13. The van der Waals surface area contributed by atoms with E-state index in [1.54, 1.807) is 0 Å². The molecular weight excluding hydrogens is 296 g/mol. The minimum absolute atomic E-state index is 0.553. The summed E-state index contributed by atoms with van der Waals surface area (Å²) in [6.45, 7) is 5.02. The molecule has 0 atom stereocenters. The second kappa shape index (κ2) is 5.01. The summed E-state index contributed by atoms with van der Waals surface area (Å²) >= 11 is 6.82. The van der Waals surface area contributed by atoms with E-state index in [-0.39, 0.29) is 0 Å². The Labute approximate surface area is 95.7 Å². The first-order valence-electron chi connectivity index (χ1n) is 4.17. The standard InChI is InChI=1S/C10H12Br2O/c1-7(2)6-13-10-4-8(11)3-9(12)5-10/h3-5,7H,6H2,1-2H3. The molecule has 1 aromatic carbocycles. The van der Waals surface area contributed by atoms with Crippen molar-refractivity contribution in [2.24, 2.45) is 5.92 Å². The minimum atomic E-state index is 0.553. The molecule has 0 aliphatic heterocycles. The zero-order valence-electron chi connectivity index (χ0n) is 7.68. The second-order valence-corrected chi connectivity index (χ2v) is 5.14. The lowest BCUT2D eigenvalue weighted by molar-refractivity contribution is 0.271. The molecule has 0 aliphatic rings. The van der Waals surface area contributed by atoms with Crippen LogP contribution in [0.3, 0.4) is 0 Å². The highest BCUT2D eigenvalue weighted by atomic mass is 79.9. The Morgan fingerprint density at radius 2 is 1.69 bits per heavy atom. The number of hydrogen-bond acceptors (Lipinski definition) is 1. The predicted molar refractivity (Wildman–Crippen MR) is 62.2 cm³/mol. The van der Waals surface area contributed by atoms with Gasteiger partial charge in [0.1, 0.15) is 5.75 Å². The van der Waals surface area contributed by atoms with Crippen molar-refractivity contribution < 1.29 is 4.74 Å². The Kier molecular flexibility index (Phi) is 4.26. The van der Waals surface area contributed by atoms with Crippen LogP contribution in [-0.2, 0) is 0 Å². The van der Waals surface area contributed by atoms with Gasteiger partial charge >= 0.3 is 0 Å². The summed E-state index contributed by atoms with van der Waals surface area (Å²) < 4.78 is 7.63. The third kappa shape index (κ3) is 4.14. The summed E-state index contributed by atoms with van der Waals surface area (Å²) in [6, 6.07) is 5.92. The number of hydrogen-bond donors (Lipinski definition) is 0. The molecular formula is C10H12Br2O. The van der Waals surface area contributed by atoms with E-state index < -0.39 is 0 Å². The molecule has 0 aromatic heterocycles. The van der Waals surface area contributed by atoms with Crippen molar-refractivity contribution in [1.29, 1.82) is 0 Å². The molecule has 0 fully saturated rings. The normalized spacial score (nSPS) is 10.5. The van der Waals surface area contributed by atoms with Crippen LogP contribution < -0.4 is 4.74 Å². The summed E-state index contributed by atoms with van der Waals surface area (Å²) in [5.74, 6) is 1.45. The lowest BCUT2D eigenvalue weighted by atomic mass is 10.2. The fourth-order valence-electron chi connectivity index (χ4n) is 0.875. The SMILES string of the molecule is CC(C)COc1cc(Br)cc(Br)c1. The van der Waals surface area contributed by atoms with Gasteiger partial charge in [-0.05, 0) is 24.1 Å². The summed E-state index contributed by atoms with van der Waals surface area (Å²) in [5.41, 5.74) is 0. The third-order valence-electron chi connectivity index (χ3n) is 1.42. The molecule has 3 heteroatoms. The quantitative estimate of drug-likeness (QED) is 0.811. The predicted octanol–water partition coefficient (Wildman–Crippen LogP) is 4.25. The average molecular weight is 308 g/mol. The van der Waals surface area contributed by atoms with Crippen molar-refractivity contribution in [3.8, 4) is 5.75 Å². The summed E-state index contributed by atoms with van der Waals surface area (Å²) in [7, 11) is 0. The van der Waals surface area contributed by atoms with E-state index in [2.05, 4.69) is 45.7 Å². The molecule has 0 heterocycles. The van der Waals surface area contributed by atoms with E-state index in [0.29, 0.717) is 5.92 Å². The summed E-state index contributed by atoms with van der Waals surface area (Å²) in [4.78, 5) is 0. The van der Waals surface area contributed by atoms with E-state index in [1.165, 1.54) is 0 Å². The van der Waals surface area contributed by atoms with Crippen LogP contribution >= 0.6 is 31.9 Å². The van der Waals surface area contributed by atoms with Crippen LogP contribution in [0.2, 0.25) is 0 Å². The maximum atomic E-state index is 5.57. The Bertz CT molecular complexity index is 264. The van der Waals surface area contributed by atoms with E-state index >= 15 is 0 Å². The smallest absolute Gasteiger partial charge is 0.121 e. The topological polar surface area (TPSA) is 9.23 Å². The first kappa shape index (κ1) is 11.1. The van der Waals surface area contributed by atoms with Crippen LogP contribution in [0.5, 0.6) is 5.75 Å². The summed E-state index contributed by atoms with van der Waals surface area (Å²) in [6.07, 6.45) is 0. The summed E-state index contributed by atoms with van der Waals surface area (Å²) in [5, 5.41) is 0. The van der Waals surface area contributed by atoms with E-state index in [0.717, 1.165) is 21.3 Å². The van der Waals surface area contributed by atoms with Crippen LogP contribution in [-0.4, -0.2) is 6.61 Å². The van der Waals surface area contributed by atoms with Gasteiger partial charge in [-0.25, -0.2) is 0 Å². The molecule has 0 unspecified atom stereocenters. The Hall–Kier alpha value is -0.0200. The van der Waals surface area contributed by atoms with Crippen molar-refractivity contribution >= 4 is 31.9 Å². The maximum Gasteiger partial charge on any atom is 0.121 e. The Morgan fingerprint density at radius 3 is 2.15 bits per heavy atom. The van der Waals surface area contributed by atoms with Gasteiger partial charge in [0.2, 0.25) is 0 Å². The fraction of sp³-hybridized carbons (Fsp3) is 0.400. The highest BCUT2D eigenvalue weighted by Crippen LogP contribution is 2.25. The van der Waals surface area contributed by atoms with Gasteiger partial charge in [-0.2, -0.15) is 0 Å². The van der Waals surface area contributed by atoms with Crippen LogP contribution in [0.25, 0.3) is 0 Å². The van der Waals surface area contributed by atoms with Gasteiger partial charge in [-0.15, -0.1) is 0 Å². The molecule has 0 aliphatic carbocycles. The number of benzene rings is 1. The zero-order chi connectivity index (χ0) is 9.84. The van der Waals surface area contributed by atoms with Crippen LogP contribution in [0.4, 0.5) is 0 Å². The number of rotatable bonds is 3. The van der Waals surface area contributed by atoms with E-state index in [1.807, 2.05) is 18.2 Å². The first-order valence-corrected chi connectivity index (χ1v) is 5.75. The van der Waals surface area contributed by atoms with Crippen LogP contribution in [0.1, 0.15) is 13.8 Å². The highest BCUT2D eigenvalue weighted by molar-refractivity contribution is 9.11. The molecule has 0 N–H and O–H groups in total. The Morgan fingerprint density at radius 1 is 1.15 bits per heavy atom. The van der Waals surface area contributed by atoms with Gasteiger partial charge in [0.25, 0.3) is 0 Å². The second-order valence-electron chi connectivity index (χ2n) is 3.31. The molecule has 0 amide bonds. The van der Waals surface area contributed by atoms with Crippen molar-refractivity contribution in [3.05, 3.63) is 27.1 Å². The average Bonchev–Trinajstić information content (AvgIpc) is 1.99. The van der Waals surface area contributed by atoms with Gasteiger partial charge in [-0.1, -0.05) is 45.7 Å². The Balaban J connectivity index is 2.66. The van der Waals surface area contributed by atoms with E-state index in [4.69, 9.17) is 4.74 Å². The molecule has 13 heavy (non-hydrogen) atoms. The third-order valence-corrected chi connectivity index (χ3v) is 2.34. The van der Waals surface area contributed by atoms with E-state index in [9.17, 15) is 0 Å². The van der Waals surface area contributed by atoms with Crippen molar-refractivity contribution in [2.45, 2.75) is 13.8 Å². The molecule has 0 radical (unpaired) electrons. The van der Waals surface area contributed by atoms with Crippen LogP contribution in [0, 0.1) is 5.92 Å². The molecule has 0 bridgehead atoms. The monoisotopic (exact) mass is 306 g/mol. The van der Waals surface area contributed by atoms with Gasteiger partial charge < -0.3 is 4.74 Å². The van der Waals surface area contributed by atoms with Gasteiger partial charge in [0, 0.05) is 8.95 Å². The first-order chi connectivity index (χ1) is 6.08. The lowest BCUT2D eigenvalue weighted by Gasteiger charge is -2.09. The molecule has 1 nitrogen and oxygen atoms in total. The lowest BCUT2D eigenvalue weighted by Crippen LogP contribution is -2.04. The molecule has 0 saturated heterocycles. The molecule has 1 aromatic rings.